The van der Waals surface area contributed by atoms with Crippen LogP contribution in [0.4, 0.5) is 5.69 Å². The molecule has 2 saturated heterocycles. The fourth-order valence-electron chi connectivity index (χ4n) is 3.47. The van der Waals surface area contributed by atoms with Gasteiger partial charge in [0.15, 0.2) is 0 Å². The molecule has 1 aromatic rings. The van der Waals surface area contributed by atoms with Crippen molar-refractivity contribution in [2.24, 2.45) is 0 Å². The number of nitrogens with one attached hydrogen (secondary N) is 1. The molecule has 1 atom stereocenters. The van der Waals surface area contributed by atoms with Crippen LogP contribution < -0.4 is 5.32 Å². The van der Waals surface area contributed by atoms with Crippen molar-refractivity contribution in [2.45, 2.75) is 38.1 Å². The number of hydrogen-bond acceptors (Lipinski definition) is 3. The average molecular weight is 398 g/mol. The normalized spacial score (nSPS) is 20.4. The second-order valence-electron chi connectivity index (χ2n) is 6.66. The van der Waals surface area contributed by atoms with Crippen molar-refractivity contribution >= 4 is 46.6 Å². The molecular weight excluding hydrogens is 377 g/mol. The highest BCUT2D eigenvalue weighted by molar-refractivity contribution is 6.35. The maximum atomic E-state index is 12.6. The van der Waals surface area contributed by atoms with Crippen LogP contribution in [0.2, 0.25) is 10.0 Å². The third kappa shape index (κ3) is 4.48. The zero-order chi connectivity index (χ0) is 18.7. The molecule has 26 heavy (non-hydrogen) atoms. The first kappa shape index (κ1) is 19.0. The summed E-state index contributed by atoms with van der Waals surface area (Å²) in [6, 6.07) is 4.26. The topological polar surface area (TPSA) is 69.7 Å². The van der Waals surface area contributed by atoms with Gasteiger partial charge in [-0.25, -0.2) is 0 Å². The number of carbonyl (C=O) groups is 3. The smallest absolute Gasteiger partial charge is 0.247 e. The van der Waals surface area contributed by atoms with Crippen molar-refractivity contribution < 1.29 is 14.4 Å². The van der Waals surface area contributed by atoms with Crippen LogP contribution in [-0.4, -0.2) is 53.2 Å². The number of amides is 3. The number of piperidine rings is 1. The third-order valence-corrected chi connectivity index (χ3v) is 5.19. The molecule has 1 unspecified atom stereocenters. The molecule has 2 aliphatic rings. The van der Waals surface area contributed by atoms with Gasteiger partial charge in [-0.15, -0.1) is 0 Å². The van der Waals surface area contributed by atoms with Gasteiger partial charge in [-0.05, 0) is 43.9 Å². The highest BCUT2D eigenvalue weighted by Crippen LogP contribution is 2.25. The number of likely N-dealkylation sites (tertiary alicyclic amines) is 2. The van der Waals surface area contributed by atoms with Crippen molar-refractivity contribution in [1.29, 1.82) is 0 Å². The van der Waals surface area contributed by atoms with E-state index in [-0.39, 0.29) is 24.3 Å². The first-order valence-corrected chi connectivity index (χ1v) is 9.54. The minimum Gasteiger partial charge on any atom is -0.333 e. The fourth-order valence-corrected chi connectivity index (χ4v) is 4.00. The Bertz CT molecular complexity index is 705. The molecule has 0 bridgehead atoms. The summed E-state index contributed by atoms with van der Waals surface area (Å²) in [6.07, 6.45) is 3.64. The number of rotatable bonds is 4. The van der Waals surface area contributed by atoms with Crippen molar-refractivity contribution in [3.63, 3.8) is 0 Å². The molecule has 0 aliphatic carbocycles. The molecule has 0 aromatic heterocycles. The lowest BCUT2D eigenvalue weighted by atomic mass is 10.1. The van der Waals surface area contributed by atoms with Crippen molar-refractivity contribution in [3.05, 3.63) is 28.2 Å². The summed E-state index contributed by atoms with van der Waals surface area (Å²) in [7, 11) is 0. The van der Waals surface area contributed by atoms with Crippen LogP contribution in [0, 0.1) is 0 Å². The molecule has 6 nitrogen and oxygen atoms in total. The highest BCUT2D eigenvalue weighted by atomic mass is 35.5. The Morgan fingerprint density at radius 1 is 1.08 bits per heavy atom. The van der Waals surface area contributed by atoms with Crippen LogP contribution in [0.15, 0.2) is 18.2 Å². The van der Waals surface area contributed by atoms with Gasteiger partial charge in [0.25, 0.3) is 0 Å². The maximum Gasteiger partial charge on any atom is 0.247 e. The van der Waals surface area contributed by atoms with E-state index in [0.29, 0.717) is 41.7 Å². The van der Waals surface area contributed by atoms with Gasteiger partial charge in [-0.1, -0.05) is 23.2 Å². The van der Waals surface area contributed by atoms with E-state index >= 15 is 0 Å². The molecule has 0 spiro atoms. The molecule has 0 radical (unpaired) electrons. The van der Waals surface area contributed by atoms with Crippen LogP contribution >= 0.6 is 23.2 Å². The maximum absolute atomic E-state index is 12.6. The quantitative estimate of drug-likeness (QED) is 0.848. The molecular formula is C18H21Cl2N3O3. The van der Waals surface area contributed by atoms with Crippen molar-refractivity contribution in [1.82, 2.24) is 9.80 Å². The SMILES string of the molecule is O=C(Nc1cc(Cl)cc(Cl)c1)C1CCCN1C(=O)CN1CCCCC1=O. The molecule has 1 N–H and O–H groups in total. The molecule has 3 rings (SSSR count). The summed E-state index contributed by atoms with van der Waals surface area (Å²) in [4.78, 5) is 40.4. The van der Waals surface area contributed by atoms with E-state index in [2.05, 4.69) is 5.32 Å². The van der Waals surface area contributed by atoms with E-state index in [9.17, 15) is 14.4 Å². The van der Waals surface area contributed by atoms with Gasteiger partial charge in [0.2, 0.25) is 17.7 Å². The van der Waals surface area contributed by atoms with E-state index in [1.165, 1.54) is 0 Å². The van der Waals surface area contributed by atoms with Gasteiger partial charge in [-0.3, -0.25) is 14.4 Å². The van der Waals surface area contributed by atoms with Gasteiger partial charge < -0.3 is 15.1 Å². The first-order chi connectivity index (χ1) is 12.4. The number of hydrogen-bond donors (Lipinski definition) is 1. The molecule has 2 fully saturated rings. The van der Waals surface area contributed by atoms with E-state index in [1.54, 1.807) is 28.0 Å². The van der Waals surface area contributed by atoms with Crippen LogP contribution in [0.25, 0.3) is 0 Å². The summed E-state index contributed by atoms with van der Waals surface area (Å²) >= 11 is 11.9. The van der Waals surface area contributed by atoms with Crippen molar-refractivity contribution in [3.8, 4) is 0 Å². The summed E-state index contributed by atoms with van der Waals surface area (Å²) in [5.41, 5.74) is 0.498. The molecule has 2 aliphatic heterocycles. The number of halogens is 2. The predicted molar refractivity (Wildman–Crippen MR) is 100 cm³/mol. The lowest BCUT2D eigenvalue weighted by molar-refractivity contribution is -0.143. The zero-order valence-electron chi connectivity index (χ0n) is 14.3. The Morgan fingerprint density at radius 2 is 1.81 bits per heavy atom. The Morgan fingerprint density at radius 3 is 2.50 bits per heavy atom. The van der Waals surface area contributed by atoms with Crippen LogP contribution in [0.1, 0.15) is 32.1 Å². The van der Waals surface area contributed by atoms with Gasteiger partial charge in [0.05, 0.1) is 6.54 Å². The molecule has 8 heteroatoms. The van der Waals surface area contributed by atoms with E-state index < -0.39 is 6.04 Å². The second-order valence-corrected chi connectivity index (χ2v) is 7.54. The van der Waals surface area contributed by atoms with E-state index in [4.69, 9.17) is 23.2 Å². The Labute approximate surface area is 162 Å². The Hall–Kier alpha value is -1.79. The number of anilines is 1. The third-order valence-electron chi connectivity index (χ3n) is 4.75. The molecule has 3 amide bonds. The minimum absolute atomic E-state index is 0.0124. The Balaban J connectivity index is 1.64. The number of nitrogens with zero attached hydrogens (tertiary/aromatic N) is 2. The van der Waals surface area contributed by atoms with Gasteiger partial charge in [0, 0.05) is 35.2 Å². The van der Waals surface area contributed by atoms with E-state index in [0.717, 1.165) is 19.3 Å². The predicted octanol–water partition coefficient (Wildman–Crippen LogP) is 2.94. The fraction of sp³-hybridized carbons (Fsp3) is 0.500. The van der Waals surface area contributed by atoms with Crippen LogP contribution in [-0.2, 0) is 14.4 Å². The van der Waals surface area contributed by atoms with E-state index in [1.807, 2.05) is 0 Å². The van der Waals surface area contributed by atoms with Gasteiger partial charge >= 0.3 is 0 Å². The Kier molecular flexibility index (Phi) is 6.04. The number of carbonyl (C=O) groups excluding carboxylic acids is 3. The second kappa shape index (κ2) is 8.27. The molecule has 140 valence electrons. The van der Waals surface area contributed by atoms with Crippen LogP contribution in [0.3, 0.4) is 0 Å². The summed E-state index contributed by atoms with van der Waals surface area (Å²) < 4.78 is 0. The molecule has 2 heterocycles. The van der Waals surface area contributed by atoms with Gasteiger partial charge in [-0.2, -0.15) is 0 Å². The summed E-state index contributed by atoms with van der Waals surface area (Å²) in [5.74, 6) is -0.431. The zero-order valence-corrected chi connectivity index (χ0v) is 15.9. The summed E-state index contributed by atoms with van der Waals surface area (Å²) in [6.45, 7) is 1.18. The highest BCUT2D eigenvalue weighted by Gasteiger charge is 2.35. The largest absolute Gasteiger partial charge is 0.333 e. The lowest BCUT2D eigenvalue weighted by Crippen LogP contribution is -2.49. The van der Waals surface area contributed by atoms with Crippen molar-refractivity contribution in [2.75, 3.05) is 25.0 Å². The first-order valence-electron chi connectivity index (χ1n) is 8.78. The standard InChI is InChI=1S/C18H21Cl2N3O3/c19-12-8-13(20)10-14(9-12)21-18(26)15-4-3-7-23(15)17(25)11-22-6-2-1-5-16(22)24/h8-10,15H,1-7,11H2,(H,21,26). The van der Waals surface area contributed by atoms with Gasteiger partial charge in [0.1, 0.15) is 6.04 Å². The molecule has 1 aromatic carbocycles. The number of benzene rings is 1. The molecule has 0 saturated carbocycles. The average Bonchev–Trinajstić information content (AvgIpc) is 3.06. The minimum atomic E-state index is -0.542. The lowest BCUT2D eigenvalue weighted by Gasteiger charge is -2.30. The monoisotopic (exact) mass is 397 g/mol. The summed E-state index contributed by atoms with van der Waals surface area (Å²) in [5, 5.41) is 3.63. The van der Waals surface area contributed by atoms with Crippen LogP contribution in [0.5, 0.6) is 0 Å².